The van der Waals surface area contributed by atoms with Gasteiger partial charge in [-0.15, -0.1) is 0 Å². The molecule has 0 aromatic heterocycles. The van der Waals surface area contributed by atoms with Crippen LogP contribution in [-0.4, -0.2) is 11.6 Å². The highest BCUT2D eigenvalue weighted by molar-refractivity contribution is 5.14. The maximum Gasteiger partial charge on any atom is 0.0284 e. The fourth-order valence-corrected chi connectivity index (χ4v) is 1.48. The van der Waals surface area contributed by atoms with Crippen LogP contribution in [0.2, 0.25) is 0 Å². The van der Waals surface area contributed by atoms with E-state index in [1.54, 1.807) is 0 Å². The third-order valence-corrected chi connectivity index (χ3v) is 2.40. The molecule has 0 aliphatic carbocycles. The van der Waals surface area contributed by atoms with Crippen LogP contribution < -0.4 is 5.32 Å². The summed E-state index contributed by atoms with van der Waals surface area (Å²) < 4.78 is 0. The van der Waals surface area contributed by atoms with Gasteiger partial charge in [-0.25, -0.2) is 0 Å². The van der Waals surface area contributed by atoms with E-state index in [1.165, 1.54) is 5.57 Å². The summed E-state index contributed by atoms with van der Waals surface area (Å²) in [4.78, 5) is 0. The van der Waals surface area contributed by atoms with Crippen LogP contribution in [0.4, 0.5) is 0 Å². The Morgan fingerprint density at radius 1 is 1.14 bits per heavy atom. The van der Waals surface area contributed by atoms with Crippen LogP contribution in [0.25, 0.3) is 0 Å². The Bertz CT molecular complexity index is 190. The number of hydrogen-bond acceptors (Lipinski definition) is 1. The number of rotatable bonds is 3. The Morgan fingerprint density at radius 3 is 1.79 bits per heavy atom. The van der Waals surface area contributed by atoms with Gasteiger partial charge < -0.3 is 5.32 Å². The van der Waals surface area contributed by atoms with E-state index in [0.717, 1.165) is 6.42 Å². The van der Waals surface area contributed by atoms with Gasteiger partial charge in [-0.3, -0.25) is 0 Å². The molecule has 14 heavy (non-hydrogen) atoms. The molecule has 0 bridgehead atoms. The monoisotopic (exact) mass is 197 g/mol. The zero-order chi connectivity index (χ0) is 11.6. The standard InChI is InChI=1S/C13H27N/c1-9-11(14-13(6,7)8)10(2)12(3,4)5/h11,14H,2,9H2,1,3-8H3. The molecule has 0 saturated heterocycles. The quantitative estimate of drug-likeness (QED) is 0.679. The number of hydrogen-bond donors (Lipinski definition) is 1. The van der Waals surface area contributed by atoms with Crippen molar-refractivity contribution < 1.29 is 0 Å². The summed E-state index contributed by atoms with van der Waals surface area (Å²) in [6.07, 6.45) is 1.10. The average molecular weight is 197 g/mol. The lowest BCUT2D eigenvalue weighted by Gasteiger charge is -2.34. The van der Waals surface area contributed by atoms with Crippen molar-refractivity contribution >= 4 is 0 Å². The van der Waals surface area contributed by atoms with E-state index in [0.29, 0.717) is 6.04 Å². The van der Waals surface area contributed by atoms with Crippen LogP contribution >= 0.6 is 0 Å². The molecule has 0 amide bonds. The molecular weight excluding hydrogens is 170 g/mol. The van der Waals surface area contributed by atoms with Gasteiger partial charge in [-0.05, 0) is 32.6 Å². The summed E-state index contributed by atoms with van der Waals surface area (Å²) in [7, 11) is 0. The van der Waals surface area contributed by atoms with Gasteiger partial charge in [0.2, 0.25) is 0 Å². The predicted molar refractivity (Wildman–Crippen MR) is 65.6 cm³/mol. The molecule has 1 atom stereocenters. The Labute approximate surface area is 90.0 Å². The maximum atomic E-state index is 4.22. The number of nitrogens with one attached hydrogen (secondary N) is 1. The van der Waals surface area contributed by atoms with E-state index in [-0.39, 0.29) is 11.0 Å². The summed E-state index contributed by atoms with van der Waals surface area (Å²) in [6.45, 7) is 19.7. The summed E-state index contributed by atoms with van der Waals surface area (Å²) in [6, 6.07) is 0.426. The molecule has 0 heterocycles. The van der Waals surface area contributed by atoms with Crippen LogP contribution in [0, 0.1) is 5.41 Å². The first-order valence-corrected chi connectivity index (χ1v) is 5.55. The van der Waals surface area contributed by atoms with Crippen LogP contribution in [0.5, 0.6) is 0 Å². The van der Waals surface area contributed by atoms with E-state index in [4.69, 9.17) is 0 Å². The molecule has 0 rings (SSSR count). The van der Waals surface area contributed by atoms with Gasteiger partial charge in [0.1, 0.15) is 0 Å². The Morgan fingerprint density at radius 2 is 1.57 bits per heavy atom. The van der Waals surface area contributed by atoms with Gasteiger partial charge in [0.25, 0.3) is 0 Å². The minimum absolute atomic E-state index is 0.162. The van der Waals surface area contributed by atoms with E-state index in [1.807, 2.05) is 0 Å². The zero-order valence-electron chi connectivity index (χ0n) is 11.0. The van der Waals surface area contributed by atoms with Crippen molar-refractivity contribution in [2.75, 3.05) is 0 Å². The van der Waals surface area contributed by atoms with Crippen LogP contribution in [0.3, 0.4) is 0 Å². The second-order valence-electron chi connectivity index (χ2n) is 6.13. The molecule has 0 saturated carbocycles. The third-order valence-electron chi connectivity index (χ3n) is 2.40. The van der Waals surface area contributed by atoms with E-state index < -0.39 is 0 Å². The lowest BCUT2D eigenvalue weighted by molar-refractivity contribution is 0.339. The minimum Gasteiger partial charge on any atom is -0.306 e. The lowest BCUT2D eigenvalue weighted by atomic mass is 9.81. The van der Waals surface area contributed by atoms with Gasteiger partial charge in [0, 0.05) is 11.6 Å². The molecule has 0 fully saturated rings. The molecule has 1 heteroatoms. The molecule has 1 N–H and O–H groups in total. The molecule has 0 aliphatic rings. The average Bonchev–Trinajstić information content (AvgIpc) is 1.95. The first kappa shape index (κ1) is 13.7. The summed E-state index contributed by atoms with van der Waals surface area (Å²) in [5, 5.41) is 3.61. The van der Waals surface area contributed by atoms with Crippen molar-refractivity contribution in [3.8, 4) is 0 Å². The molecule has 0 aliphatic heterocycles. The third kappa shape index (κ3) is 4.80. The van der Waals surface area contributed by atoms with E-state index in [9.17, 15) is 0 Å². The van der Waals surface area contributed by atoms with Crippen molar-refractivity contribution in [2.45, 2.75) is 66.5 Å². The van der Waals surface area contributed by atoms with Gasteiger partial charge in [-0.1, -0.05) is 39.8 Å². The van der Waals surface area contributed by atoms with Crippen LogP contribution in [0.15, 0.2) is 12.2 Å². The summed E-state index contributed by atoms with van der Waals surface area (Å²) >= 11 is 0. The molecule has 1 nitrogen and oxygen atoms in total. The minimum atomic E-state index is 0.162. The topological polar surface area (TPSA) is 12.0 Å². The van der Waals surface area contributed by atoms with Crippen molar-refractivity contribution in [1.29, 1.82) is 0 Å². The van der Waals surface area contributed by atoms with E-state index >= 15 is 0 Å². The highest BCUT2D eigenvalue weighted by atomic mass is 15.0. The molecular formula is C13H27N. The lowest BCUT2D eigenvalue weighted by Crippen LogP contribution is -2.46. The van der Waals surface area contributed by atoms with Gasteiger partial charge >= 0.3 is 0 Å². The molecule has 0 aromatic carbocycles. The fraction of sp³-hybridized carbons (Fsp3) is 0.846. The zero-order valence-corrected chi connectivity index (χ0v) is 11.0. The smallest absolute Gasteiger partial charge is 0.0284 e. The van der Waals surface area contributed by atoms with Crippen LogP contribution in [-0.2, 0) is 0 Å². The first-order valence-electron chi connectivity index (χ1n) is 5.55. The molecule has 0 aromatic rings. The van der Waals surface area contributed by atoms with Crippen molar-refractivity contribution in [2.24, 2.45) is 5.41 Å². The second-order valence-corrected chi connectivity index (χ2v) is 6.13. The highest BCUT2D eigenvalue weighted by Crippen LogP contribution is 2.28. The molecule has 84 valence electrons. The first-order chi connectivity index (χ1) is 6.08. The maximum absolute atomic E-state index is 4.22. The molecule has 1 unspecified atom stereocenters. The Hall–Kier alpha value is -0.300. The van der Waals surface area contributed by atoms with E-state index in [2.05, 4.69) is 60.4 Å². The second kappa shape index (κ2) is 4.48. The Kier molecular flexibility index (Phi) is 4.38. The predicted octanol–water partition coefficient (Wildman–Crippen LogP) is 3.76. The van der Waals surface area contributed by atoms with Crippen molar-refractivity contribution in [1.82, 2.24) is 5.32 Å². The Balaban J connectivity index is 4.51. The summed E-state index contributed by atoms with van der Waals surface area (Å²) in [5.74, 6) is 0. The SMILES string of the molecule is C=C(C(CC)NC(C)(C)C)C(C)(C)C. The van der Waals surface area contributed by atoms with Crippen molar-refractivity contribution in [3.63, 3.8) is 0 Å². The van der Waals surface area contributed by atoms with Gasteiger partial charge in [-0.2, -0.15) is 0 Å². The summed E-state index contributed by atoms with van der Waals surface area (Å²) in [5.41, 5.74) is 1.66. The largest absolute Gasteiger partial charge is 0.306 e. The normalized spacial score (nSPS) is 15.4. The van der Waals surface area contributed by atoms with Gasteiger partial charge in [0.05, 0.1) is 0 Å². The fourth-order valence-electron chi connectivity index (χ4n) is 1.48. The molecule has 0 spiro atoms. The van der Waals surface area contributed by atoms with Gasteiger partial charge in [0.15, 0.2) is 0 Å². The highest BCUT2D eigenvalue weighted by Gasteiger charge is 2.25. The van der Waals surface area contributed by atoms with Crippen molar-refractivity contribution in [3.05, 3.63) is 12.2 Å². The molecule has 0 radical (unpaired) electrons. The van der Waals surface area contributed by atoms with Crippen LogP contribution in [0.1, 0.15) is 54.9 Å².